The fourth-order valence-corrected chi connectivity index (χ4v) is 2.33. The second kappa shape index (κ2) is 5.52. The summed E-state index contributed by atoms with van der Waals surface area (Å²) in [6.45, 7) is 3.63. The second-order valence-corrected chi connectivity index (χ2v) is 4.61. The molecule has 94 valence electrons. The summed E-state index contributed by atoms with van der Waals surface area (Å²) < 4.78 is 5.42. The quantitative estimate of drug-likeness (QED) is 0.869. The molecule has 1 N–H and O–H groups in total. The third-order valence-corrected chi connectivity index (χ3v) is 3.52. The standard InChI is InChI=1S/C14H21NO2/c1-3-14(16)12-6-4-5-7-13(12)15(2)11-8-9-17-10-11/h4-7,11,14,16H,3,8-10H2,1-2H3/t11?,14-/m1/s1. The number of ether oxygens (including phenoxy) is 1. The van der Waals surface area contributed by atoms with E-state index in [-0.39, 0.29) is 6.10 Å². The van der Waals surface area contributed by atoms with Gasteiger partial charge < -0.3 is 14.7 Å². The van der Waals surface area contributed by atoms with Crippen molar-refractivity contribution in [2.45, 2.75) is 31.9 Å². The molecule has 0 radical (unpaired) electrons. The average molecular weight is 235 g/mol. The molecule has 1 aliphatic heterocycles. The summed E-state index contributed by atoms with van der Waals surface area (Å²) in [5, 5.41) is 10.0. The fourth-order valence-electron chi connectivity index (χ4n) is 2.33. The van der Waals surface area contributed by atoms with E-state index in [4.69, 9.17) is 4.74 Å². The van der Waals surface area contributed by atoms with Crippen LogP contribution in [0, 0.1) is 0 Å². The van der Waals surface area contributed by atoms with Crippen molar-refractivity contribution in [2.24, 2.45) is 0 Å². The van der Waals surface area contributed by atoms with Crippen LogP contribution in [0.25, 0.3) is 0 Å². The molecule has 1 aromatic rings. The van der Waals surface area contributed by atoms with Gasteiger partial charge in [-0.25, -0.2) is 0 Å². The normalized spacial score (nSPS) is 21.5. The number of anilines is 1. The molecule has 0 bridgehead atoms. The zero-order valence-corrected chi connectivity index (χ0v) is 10.6. The van der Waals surface area contributed by atoms with Crippen LogP contribution in [0.15, 0.2) is 24.3 Å². The number of hydrogen-bond donors (Lipinski definition) is 1. The van der Waals surface area contributed by atoms with E-state index in [0.29, 0.717) is 6.04 Å². The van der Waals surface area contributed by atoms with Crippen LogP contribution in [0.5, 0.6) is 0 Å². The maximum atomic E-state index is 10.0. The Morgan fingerprint density at radius 2 is 2.24 bits per heavy atom. The Bertz CT molecular complexity index is 361. The van der Waals surface area contributed by atoms with Crippen LogP contribution in [0.2, 0.25) is 0 Å². The Balaban J connectivity index is 2.24. The minimum atomic E-state index is -0.379. The first-order valence-corrected chi connectivity index (χ1v) is 6.31. The zero-order valence-electron chi connectivity index (χ0n) is 10.6. The molecule has 1 heterocycles. The molecular formula is C14H21NO2. The lowest BCUT2D eigenvalue weighted by Gasteiger charge is -2.28. The van der Waals surface area contributed by atoms with Crippen molar-refractivity contribution in [2.75, 3.05) is 25.2 Å². The lowest BCUT2D eigenvalue weighted by Crippen LogP contribution is -2.32. The predicted molar refractivity (Wildman–Crippen MR) is 69.3 cm³/mol. The molecule has 0 saturated carbocycles. The molecule has 2 atom stereocenters. The molecule has 1 unspecified atom stereocenters. The van der Waals surface area contributed by atoms with Crippen LogP contribution in [0.4, 0.5) is 5.69 Å². The summed E-state index contributed by atoms with van der Waals surface area (Å²) in [4.78, 5) is 2.24. The van der Waals surface area contributed by atoms with Gasteiger partial charge in [-0.05, 0) is 18.9 Å². The van der Waals surface area contributed by atoms with Gasteiger partial charge in [0.25, 0.3) is 0 Å². The van der Waals surface area contributed by atoms with Gasteiger partial charge in [0.1, 0.15) is 0 Å². The van der Waals surface area contributed by atoms with Crippen molar-refractivity contribution in [3.05, 3.63) is 29.8 Å². The molecule has 17 heavy (non-hydrogen) atoms. The Morgan fingerprint density at radius 3 is 2.88 bits per heavy atom. The Morgan fingerprint density at radius 1 is 1.47 bits per heavy atom. The van der Waals surface area contributed by atoms with Crippen LogP contribution < -0.4 is 4.90 Å². The van der Waals surface area contributed by atoms with Crippen molar-refractivity contribution >= 4 is 5.69 Å². The summed E-state index contributed by atoms with van der Waals surface area (Å²) >= 11 is 0. The monoisotopic (exact) mass is 235 g/mol. The molecular weight excluding hydrogens is 214 g/mol. The van der Waals surface area contributed by atoms with Crippen molar-refractivity contribution in [3.8, 4) is 0 Å². The van der Waals surface area contributed by atoms with Gasteiger partial charge in [0.05, 0.1) is 18.8 Å². The van der Waals surface area contributed by atoms with Crippen molar-refractivity contribution < 1.29 is 9.84 Å². The number of likely N-dealkylation sites (N-methyl/N-ethyl adjacent to an activating group) is 1. The minimum Gasteiger partial charge on any atom is -0.388 e. The molecule has 0 spiro atoms. The van der Waals surface area contributed by atoms with Crippen molar-refractivity contribution in [1.82, 2.24) is 0 Å². The summed E-state index contributed by atoms with van der Waals surface area (Å²) in [7, 11) is 2.08. The van der Waals surface area contributed by atoms with Crippen LogP contribution in [0.1, 0.15) is 31.4 Å². The van der Waals surface area contributed by atoms with E-state index >= 15 is 0 Å². The van der Waals surface area contributed by atoms with E-state index in [0.717, 1.165) is 37.3 Å². The molecule has 0 aliphatic carbocycles. The van der Waals surface area contributed by atoms with Gasteiger partial charge in [0, 0.05) is 24.9 Å². The summed E-state index contributed by atoms with van der Waals surface area (Å²) in [5.41, 5.74) is 2.14. The van der Waals surface area contributed by atoms with Crippen molar-refractivity contribution in [1.29, 1.82) is 0 Å². The van der Waals surface area contributed by atoms with Gasteiger partial charge >= 0.3 is 0 Å². The lowest BCUT2D eigenvalue weighted by atomic mass is 10.0. The third kappa shape index (κ3) is 2.61. The largest absolute Gasteiger partial charge is 0.388 e. The van der Waals surface area contributed by atoms with E-state index in [1.807, 2.05) is 25.1 Å². The summed E-state index contributed by atoms with van der Waals surface area (Å²) in [6, 6.07) is 8.52. The maximum Gasteiger partial charge on any atom is 0.0807 e. The molecule has 3 nitrogen and oxygen atoms in total. The Labute approximate surface area is 103 Å². The number of aliphatic hydroxyl groups is 1. The smallest absolute Gasteiger partial charge is 0.0807 e. The van der Waals surface area contributed by atoms with Gasteiger partial charge in [-0.2, -0.15) is 0 Å². The summed E-state index contributed by atoms with van der Waals surface area (Å²) in [5.74, 6) is 0. The average Bonchev–Trinajstić information content (AvgIpc) is 2.91. The molecule has 1 saturated heterocycles. The number of benzene rings is 1. The van der Waals surface area contributed by atoms with Crippen LogP contribution in [-0.4, -0.2) is 31.4 Å². The van der Waals surface area contributed by atoms with E-state index < -0.39 is 0 Å². The number of aliphatic hydroxyl groups excluding tert-OH is 1. The number of hydrogen-bond acceptors (Lipinski definition) is 3. The van der Waals surface area contributed by atoms with E-state index in [1.165, 1.54) is 0 Å². The molecule has 1 aromatic carbocycles. The van der Waals surface area contributed by atoms with E-state index in [1.54, 1.807) is 0 Å². The number of rotatable bonds is 4. The SMILES string of the molecule is CC[C@@H](O)c1ccccc1N(C)C1CCOC1. The highest BCUT2D eigenvalue weighted by atomic mass is 16.5. The van der Waals surface area contributed by atoms with Crippen LogP contribution in [-0.2, 0) is 4.74 Å². The molecule has 0 aromatic heterocycles. The van der Waals surface area contributed by atoms with Gasteiger partial charge in [-0.3, -0.25) is 0 Å². The van der Waals surface area contributed by atoms with E-state index in [2.05, 4.69) is 18.0 Å². The maximum absolute atomic E-state index is 10.0. The fraction of sp³-hybridized carbons (Fsp3) is 0.571. The first-order valence-electron chi connectivity index (χ1n) is 6.31. The Kier molecular flexibility index (Phi) is 4.02. The molecule has 1 fully saturated rings. The number of para-hydroxylation sites is 1. The van der Waals surface area contributed by atoms with Gasteiger partial charge in [-0.1, -0.05) is 25.1 Å². The molecule has 3 heteroatoms. The third-order valence-electron chi connectivity index (χ3n) is 3.52. The van der Waals surface area contributed by atoms with Crippen molar-refractivity contribution in [3.63, 3.8) is 0 Å². The van der Waals surface area contributed by atoms with E-state index in [9.17, 15) is 5.11 Å². The number of nitrogens with zero attached hydrogens (tertiary/aromatic N) is 1. The highest BCUT2D eigenvalue weighted by Crippen LogP contribution is 2.29. The Hall–Kier alpha value is -1.06. The van der Waals surface area contributed by atoms with Gasteiger partial charge in [0.15, 0.2) is 0 Å². The lowest BCUT2D eigenvalue weighted by molar-refractivity contribution is 0.173. The second-order valence-electron chi connectivity index (χ2n) is 4.61. The van der Waals surface area contributed by atoms with Gasteiger partial charge in [0.2, 0.25) is 0 Å². The first-order chi connectivity index (χ1) is 8.24. The zero-order chi connectivity index (χ0) is 12.3. The van der Waals surface area contributed by atoms with Crippen LogP contribution in [0.3, 0.4) is 0 Å². The summed E-state index contributed by atoms with van der Waals surface area (Å²) in [6.07, 6.45) is 1.43. The molecule has 1 aliphatic rings. The first kappa shape index (κ1) is 12.4. The minimum absolute atomic E-state index is 0.379. The molecule has 2 rings (SSSR count). The van der Waals surface area contributed by atoms with Crippen LogP contribution >= 0.6 is 0 Å². The highest BCUT2D eigenvalue weighted by Gasteiger charge is 2.23. The highest BCUT2D eigenvalue weighted by molar-refractivity contribution is 5.55. The molecule has 0 amide bonds. The van der Waals surface area contributed by atoms with Gasteiger partial charge in [-0.15, -0.1) is 0 Å². The predicted octanol–water partition coefficient (Wildman–Crippen LogP) is 2.36. The topological polar surface area (TPSA) is 32.7 Å².